The fourth-order valence-electron chi connectivity index (χ4n) is 2.61. The lowest BCUT2D eigenvalue weighted by atomic mass is 10.1. The van der Waals surface area contributed by atoms with Crippen molar-refractivity contribution in [2.24, 2.45) is 0 Å². The molecule has 4 heteroatoms. The van der Waals surface area contributed by atoms with Crippen LogP contribution in [0.4, 0.5) is 0 Å². The molecule has 3 rings (SSSR count). The lowest BCUT2D eigenvalue weighted by Crippen LogP contribution is -2.14. The Hall–Kier alpha value is -1.97. The minimum atomic E-state index is -0.753. The molecule has 0 aliphatic carbocycles. The standard InChI is InChI=1S/C13H13NO3/c1-17-10-3-5-11-8(7-10)6-9-2-4-12(13(15)16)14(9)11/h3,5-7,12H,2,4H2,1H3,(H,15,16). The van der Waals surface area contributed by atoms with E-state index in [4.69, 9.17) is 4.74 Å². The Bertz CT molecular complexity index is 600. The monoisotopic (exact) mass is 231 g/mol. The Morgan fingerprint density at radius 2 is 2.29 bits per heavy atom. The van der Waals surface area contributed by atoms with Crippen molar-refractivity contribution >= 4 is 16.9 Å². The number of ether oxygens (including phenoxy) is 1. The van der Waals surface area contributed by atoms with Crippen LogP contribution in [0.5, 0.6) is 5.75 Å². The van der Waals surface area contributed by atoms with Crippen molar-refractivity contribution in [3.05, 3.63) is 30.0 Å². The number of methoxy groups -OCH3 is 1. The van der Waals surface area contributed by atoms with Gasteiger partial charge in [0.25, 0.3) is 0 Å². The molecule has 17 heavy (non-hydrogen) atoms. The number of carboxylic acids is 1. The molecule has 4 nitrogen and oxygen atoms in total. The highest BCUT2D eigenvalue weighted by molar-refractivity contribution is 5.86. The number of aliphatic carboxylic acids is 1. The van der Waals surface area contributed by atoms with E-state index in [1.807, 2.05) is 22.8 Å². The second-order valence-electron chi connectivity index (χ2n) is 4.32. The van der Waals surface area contributed by atoms with E-state index < -0.39 is 12.0 Å². The van der Waals surface area contributed by atoms with Crippen LogP contribution in [0, 0.1) is 0 Å². The topological polar surface area (TPSA) is 51.5 Å². The summed E-state index contributed by atoms with van der Waals surface area (Å²) in [6.45, 7) is 0. The van der Waals surface area contributed by atoms with Gasteiger partial charge in [0.15, 0.2) is 0 Å². The fourth-order valence-corrected chi connectivity index (χ4v) is 2.61. The minimum absolute atomic E-state index is 0.420. The van der Waals surface area contributed by atoms with Crippen LogP contribution in [0.1, 0.15) is 18.2 Å². The van der Waals surface area contributed by atoms with Crippen LogP contribution in [-0.2, 0) is 11.2 Å². The summed E-state index contributed by atoms with van der Waals surface area (Å²) in [6, 6.07) is 7.38. The van der Waals surface area contributed by atoms with Crippen LogP contribution in [0.25, 0.3) is 10.9 Å². The predicted molar refractivity (Wildman–Crippen MR) is 63.5 cm³/mol. The molecule has 2 aromatic rings. The van der Waals surface area contributed by atoms with E-state index in [-0.39, 0.29) is 0 Å². The van der Waals surface area contributed by atoms with Crippen molar-refractivity contribution in [3.63, 3.8) is 0 Å². The number of carboxylic acid groups (broad SMARTS) is 1. The second kappa shape index (κ2) is 3.52. The van der Waals surface area contributed by atoms with E-state index in [9.17, 15) is 9.90 Å². The first-order chi connectivity index (χ1) is 8.20. The van der Waals surface area contributed by atoms with Gasteiger partial charge in [0.2, 0.25) is 0 Å². The van der Waals surface area contributed by atoms with Gasteiger partial charge in [0.05, 0.1) is 7.11 Å². The molecule has 2 heterocycles. The van der Waals surface area contributed by atoms with Gasteiger partial charge in [-0.2, -0.15) is 0 Å². The van der Waals surface area contributed by atoms with Crippen LogP contribution in [0.15, 0.2) is 24.3 Å². The molecule has 0 saturated carbocycles. The molecule has 1 atom stereocenters. The number of aryl methyl sites for hydroxylation is 1. The Morgan fingerprint density at radius 1 is 1.47 bits per heavy atom. The smallest absolute Gasteiger partial charge is 0.326 e. The quantitative estimate of drug-likeness (QED) is 0.862. The second-order valence-corrected chi connectivity index (χ2v) is 4.32. The van der Waals surface area contributed by atoms with Crippen LogP contribution >= 0.6 is 0 Å². The number of hydrogen-bond donors (Lipinski definition) is 1. The van der Waals surface area contributed by atoms with Gasteiger partial charge in [-0.05, 0) is 37.1 Å². The van der Waals surface area contributed by atoms with E-state index in [0.717, 1.165) is 28.8 Å². The Morgan fingerprint density at radius 3 is 3.00 bits per heavy atom. The van der Waals surface area contributed by atoms with Crippen LogP contribution in [0.3, 0.4) is 0 Å². The zero-order valence-corrected chi connectivity index (χ0v) is 9.51. The van der Waals surface area contributed by atoms with E-state index in [0.29, 0.717) is 6.42 Å². The summed E-state index contributed by atoms with van der Waals surface area (Å²) in [5.41, 5.74) is 2.08. The first-order valence-corrected chi connectivity index (χ1v) is 5.61. The fraction of sp³-hybridized carbons (Fsp3) is 0.308. The molecule has 1 aromatic carbocycles. The van der Waals surface area contributed by atoms with Gasteiger partial charge in [0.1, 0.15) is 11.8 Å². The van der Waals surface area contributed by atoms with Gasteiger partial charge in [-0.1, -0.05) is 0 Å². The van der Waals surface area contributed by atoms with Crippen molar-refractivity contribution in [3.8, 4) is 5.75 Å². The van der Waals surface area contributed by atoms with Crippen LogP contribution < -0.4 is 4.74 Å². The summed E-state index contributed by atoms with van der Waals surface area (Å²) < 4.78 is 7.10. The number of nitrogens with zero attached hydrogens (tertiary/aromatic N) is 1. The Labute approximate surface area is 98.4 Å². The largest absolute Gasteiger partial charge is 0.497 e. The zero-order chi connectivity index (χ0) is 12.0. The van der Waals surface area contributed by atoms with Crippen molar-refractivity contribution in [2.45, 2.75) is 18.9 Å². The van der Waals surface area contributed by atoms with Crippen molar-refractivity contribution in [1.82, 2.24) is 4.57 Å². The van der Waals surface area contributed by atoms with E-state index in [1.165, 1.54) is 0 Å². The Kier molecular flexibility index (Phi) is 2.11. The van der Waals surface area contributed by atoms with Crippen LogP contribution in [-0.4, -0.2) is 22.8 Å². The maximum absolute atomic E-state index is 11.2. The molecule has 0 saturated heterocycles. The van der Waals surface area contributed by atoms with E-state index in [2.05, 4.69) is 6.07 Å². The Balaban J connectivity index is 2.21. The molecule has 1 N–H and O–H groups in total. The first-order valence-electron chi connectivity index (χ1n) is 5.61. The maximum Gasteiger partial charge on any atom is 0.326 e. The summed E-state index contributed by atoms with van der Waals surface area (Å²) in [5, 5.41) is 10.2. The van der Waals surface area contributed by atoms with Gasteiger partial charge < -0.3 is 14.4 Å². The summed E-state index contributed by atoms with van der Waals surface area (Å²) in [5.74, 6) is 0.0470. The average molecular weight is 231 g/mol. The predicted octanol–water partition coefficient (Wildman–Crippen LogP) is 2.22. The SMILES string of the molecule is COc1ccc2c(c1)cc1n2C(C(=O)O)CC1. The third-order valence-electron chi connectivity index (χ3n) is 3.40. The van der Waals surface area contributed by atoms with Crippen LogP contribution in [0.2, 0.25) is 0 Å². The molecule has 0 radical (unpaired) electrons. The van der Waals surface area contributed by atoms with E-state index in [1.54, 1.807) is 7.11 Å². The van der Waals surface area contributed by atoms with Gasteiger partial charge in [-0.25, -0.2) is 4.79 Å². The van der Waals surface area contributed by atoms with Gasteiger partial charge in [-0.15, -0.1) is 0 Å². The lowest BCUT2D eigenvalue weighted by molar-refractivity contribution is -0.140. The average Bonchev–Trinajstić information content (AvgIpc) is 2.85. The van der Waals surface area contributed by atoms with Gasteiger partial charge >= 0.3 is 5.97 Å². The highest BCUT2D eigenvalue weighted by Crippen LogP contribution is 2.34. The highest BCUT2D eigenvalue weighted by Gasteiger charge is 2.29. The normalized spacial score (nSPS) is 18.3. The molecular weight excluding hydrogens is 218 g/mol. The molecule has 1 aromatic heterocycles. The number of carbonyl (C=O) groups is 1. The number of benzene rings is 1. The first kappa shape index (κ1) is 10.2. The number of aromatic nitrogens is 1. The minimum Gasteiger partial charge on any atom is -0.497 e. The summed E-state index contributed by atoms with van der Waals surface area (Å²) in [4.78, 5) is 11.2. The van der Waals surface area contributed by atoms with Gasteiger partial charge in [0, 0.05) is 16.6 Å². The molecule has 0 bridgehead atoms. The highest BCUT2D eigenvalue weighted by atomic mass is 16.5. The molecule has 0 spiro atoms. The molecule has 1 aliphatic heterocycles. The molecule has 1 aliphatic rings. The number of fused-ring (bicyclic) bond motifs is 3. The molecule has 0 fully saturated rings. The lowest BCUT2D eigenvalue weighted by Gasteiger charge is -2.10. The molecular formula is C13H13NO3. The van der Waals surface area contributed by atoms with Gasteiger partial charge in [-0.3, -0.25) is 0 Å². The molecule has 1 unspecified atom stereocenters. The summed E-state index contributed by atoms with van der Waals surface area (Å²) in [6.07, 6.45) is 1.51. The summed E-state index contributed by atoms with van der Waals surface area (Å²) in [7, 11) is 1.63. The third-order valence-corrected chi connectivity index (χ3v) is 3.40. The van der Waals surface area contributed by atoms with Crippen molar-refractivity contribution < 1.29 is 14.6 Å². The molecule has 0 amide bonds. The zero-order valence-electron chi connectivity index (χ0n) is 9.51. The van der Waals surface area contributed by atoms with E-state index >= 15 is 0 Å². The maximum atomic E-state index is 11.2. The van der Waals surface area contributed by atoms with Crippen molar-refractivity contribution in [1.29, 1.82) is 0 Å². The third kappa shape index (κ3) is 1.40. The number of hydrogen-bond acceptors (Lipinski definition) is 2. The number of rotatable bonds is 2. The summed E-state index contributed by atoms with van der Waals surface area (Å²) >= 11 is 0. The molecule has 88 valence electrons. The van der Waals surface area contributed by atoms with Crippen molar-refractivity contribution in [2.75, 3.05) is 7.11 Å².